The standard InChI is InChI=1S/C30H35N9O3/c31-28-33-29(34-30-32-25(35-39(28)30)24-9-5-19-42-24)38-14-4-8-23(38)27(41)37-17-12-21(13-18-37)20-10-15-36(16-11-20)26(40)22-6-2-1-3-7-22/h1-3,5-7,9,19-21,23H,4,8,10-18H2,(H2,31,32,33,34,35)/t23-/m0/s1. The monoisotopic (exact) mass is 569 g/mol. The van der Waals surface area contributed by atoms with Gasteiger partial charge in [0, 0.05) is 38.3 Å². The number of likely N-dealkylation sites (tertiary alicyclic amines) is 2. The lowest BCUT2D eigenvalue weighted by molar-refractivity contribution is -0.134. The van der Waals surface area contributed by atoms with E-state index < -0.39 is 0 Å². The molecule has 2 N–H and O–H groups in total. The molecule has 3 aliphatic rings. The van der Waals surface area contributed by atoms with E-state index in [1.807, 2.05) is 45.0 Å². The van der Waals surface area contributed by atoms with E-state index in [1.54, 1.807) is 18.4 Å². The van der Waals surface area contributed by atoms with Crippen LogP contribution >= 0.6 is 0 Å². The minimum absolute atomic E-state index is 0.127. The third-order valence-corrected chi connectivity index (χ3v) is 9.12. The van der Waals surface area contributed by atoms with Gasteiger partial charge in [0.05, 0.1) is 6.26 Å². The Labute approximate surface area is 243 Å². The highest BCUT2D eigenvalue weighted by molar-refractivity contribution is 5.94. The fraction of sp³-hybridized carbons (Fsp3) is 0.467. The molecular weight excluding hydrogens is 534 g/mol. The number of amides is 2. The predicted molar refractivity (Wildman–Crippen MR) is 155 cm³/mol. The van der Waals surface area contributed by atoms with Crippen LogP contribution in [0.25, 0.3) is 17.4 Å². The van der Waals surface area contributed by atoms with Crippen LogP contribution in [0.4, 0.5) is 11.9 Å². The van der Waals surface area contributed by atoms with Gasteiger partial charge in [-0.1, -0.05) is 18.2 Å². The maximum Gasteiger partial charge on any atom is 0.259 e. The zero-order valence-electron chi connectivity index (χ0n) is 23.5. The average molecular weight is 570 g/mol. The van der Waals surface area contributed by atoms with E-state index in [-0.39, 0.29) is 23.8 Å². The average Bonchev–Trinajstić information content (AvgIpc) is 3.82. The Morgan fingerprint density at radius 3 is 2.21 bits per heavy atom. The number of fused-ring (bicyclic) bond motifs is 1. The van der Waals surface area contributed by atoms with Crippen LogP contribution in [0.3, 0.4) is 0 Å². The van der Waals surface area contributed by atoms with E-state index in [4.69, 9.17) is 10.2 Å². The van der Waals surface area contributed by atoms with Crippen molar-refractivity contribution in [2.45, 2.75) is 44.6 Å². The first-order chi connectivity index (χ1) is 20.5. The second-order valence-corrected chi connectivity index (χ2v) is 11.5. The lowest BCUT2D eigenvalue weighted by Gasteiger charge is -2.41. The summed E-state index contributed by atoms with van der Waals surface area (Å²) in [6, 6.07) is 12.8. The summed E-state index contributed by atoms with van der Waals surface area (Å²) in [4.78, 5) is 46.1. The van der Waals surface area contributed by atoms with E-state index >= 15 is 0 Å². The number of hydrogen-bond acceptors (Lipinski definition) is 9. The molecule has 3 aliphatic heterocycles. The van der Waals surface area contributed by atoms with Crippen molar-refractivity contribution in [1.82, 2.24) is 34.4 Å². The number of furan rings is 1. The number of carbonyl (C=O) groups excluding carboxylic acids is 2. The van der Waals surface area contributed by atoms with Gasteiger partial charge in [-0.3, -0.25) is 9.59 Å². The molecular formula is C30H35N9O3. The van der Waals surface area contributed by atoms with Gasteiger partial charge in [0.2, 0.25) is 23.6 Å². The molecule has 0 bridgehead atoms. The highest BCUT2D eigenvalue weighted by atomic mass is 16.3. The van der Waals surface area contributed by atoms with Crippen LogP contribution in [-0.4, -0.2) is 84.9 Å². The van der Waals surface area contributed by atoms with E-state index in [0.717, 1.165) is 70.3 Å². The summed E-state index contributed by atoms with van der Waals surface area (Å²) in [6.07, 6.45) is 7.25. The first-order valence-electron chi connectivity index (χ1n) is 14.9. The molecule has 218 valence electrons. The lowest BCUT2D eigenvalue weighted by Crippen LogP contribution is -2.50. The highest BCUT2D eigenvalue weighted by Gasteiger charge is 2.38. The third kappa shape index (κ3) is 4.94. The van der Waals surface area contributed by atoms with Gasteiger partial charge in [-0.05, 0) is 74.6 Å². The molecule has 3 aromatic heterocycles. The predicted octanol–water partition coefficient (Wildman–Crippen LogP) is 3.12. The first-order valence-corrected chi connectivity index (χ1v) is 14.9. The fourth-order valence-electron chi connectivity index (χ4n) is 6.83. The number of nitrogens with zero attached hydrogens (tertiary/aromatic N) is 8. The Kier molecular flexibility index (Phi) is 6.96. The Hall–Kier alpha value is -4.48. The van der Waals surface area contributed by atoms with Gasteiger partial charge in [0.15, 0.2) is 5.76 Å². The minimum atomic E-state index is -0.317. The van der Waals surface area contributed by atoms with Crippen molar-refractivity contribution in [1.29, 1.82) is 0 Å². The topological polar surface area (TPSA) is 139 Å². The molecule has 12 heteroatoms. The molecule has 2 amide bonds. The summed E-state index contributed by atoms with van der Waals surface area (Å²) in [5.41, 5.74) is 6.99. The number of nitrogen functional groups attached to an aromatic ring is 1. The number of rotatable bonds is 5. The Bertz CT molecular complexity index is 1560. The number of hydrogen-bond donors (Lipinski definition) is 1. The molecule has 3 fully saturated rings. The van der Waals surface area contributed by atoms with Crippen molar-refractivity contribution in [3.8, 4) is 11.6 Å². The molecule has 4 aromatic rings. The van der Waals surface area contributed by atoms with Crippen LogP contribution in [0.1, 0.15) is 48.9 Å². The zero-order valence-corrected chi connectivity index (χ0v) is 23.5. The Morgan fingerprint density at radius 2 is 1.52 bits per heavy atom. The van der Waals surface area contributed by atoms with E-state index in [0.29, 0.717) is 41.7 Å². The Morgan fingerprint density at radius 1 is 0.810 bits per heavy atom. The van der Waals surface area contributed by atoms with Gasteiger partial charge in [0.25, 0.3) is 11.7 Å². The van der Waals surface area contributed by atoms with Crippen LogP contribution in [0.2, 0.25) is 0 Å². The van der Waals surface area contributed by atoms with Crippen molar-refractivity contribution in [2.24, 2.45) is 11.8 Å². The molecule has 6 heterocycles. The molecule has 0 saturated carbocycles. The van der Waals surface area contributed by atoms with Crippen LogP contribution in [0.5, 0.6) is 0 Å². The van der Waals surface area contributed by atoms with Crippen molar-refractivity contribution in [3.63, 3.8) is 0 Å². The summed E-state index contributed by atoms with van der Waals surface area (Å²) in [7, 11) is 0. The second kappa shape index (κ2) is 11.1. The molecule has 12 nitrogen and oxygen atoms in total. The largest absolute Gasteiger partial charge is 0.461 e. The van der Waals surface area contributed by atoms with Gasteiger partial charge in [-0.2, -0.15) is 19.5 Å². The molecule has 0 unspecified atom stereocenters. The van der Waals surface area contributed by atoms with Crippen LogP contribution in [-0.2, 0) is 4.79 Å². The number of benzene rings is 1. The molecule has 3 saturated heterocycles. The van der Waals surface area contributed by atoms with Crippen molar-refractivity contribution >= 4 is 29.5 Å². The molecule has 7 rings (SSSR count). The van der Waals surface area contributed by atoms with Crippen LogP contribution in [0.15, 0.2) is 53.1 Å². The number of anilines is 2. The summed E-state index contributed by atoms with van der Waals surface area (Å²) < 4.78 is 6.80. The quantitative estimate of drug-likeness (QED) is 0.384. The highest BCUT2D eigenvalue weighted by Crippen LogP contribution is 2.34. The van der Waals surface area contributed by atoms with Gasteiger partial charge in [-0.25, -0.2) is 0 Å². The lowest BCUT2D eigenvalue weighted by atomic mass is 9.78. The normalized spacial score (nSPS) is 20.5. The smallest absolute Gasteiger partial charge is 0.259 e. The number of nitrogens with two attached hydrogens (primary N) is 1. The molecule has 0 spiro atoms. The van der Waals surface area contributed by atoms with E-state index in [1.165, 1.54) is 4.52 Å². The third-order valence-electron chi connectivity index (χ3n) is 9.12. The maximum atomic E-state index is 13.7. The van der Waals surface area contributed by atoms with Gasteiger partial charge in [0.1, 0.15) is 6.04 Å². The summed E-state index contributed by atoms with van der Waals surface area (Å²) >= 11 is 0. The van der Waals surface area contributed by atoms with Gasteiger partial charge >= 0.3 is 0 Å². The molecule has 1 atom stereocenters. The SMILES string of the molecule is Nc1nc(N2CCC[C@H]2C(=O)N2CCC(C3CCN(C(=O)c4ccccc4)CC3)CC2)nc2nc(-c3ccco3)nn12. The number of piperidine rings is 2. The van der Waals surface area contributed by atoms with Crippen molar-refractivity contribution in [2.75, 3.05) is 43.4 Å². The second-order valence-electron chi connectivity index (χ2n) is 11.5. The van der Waals surface area contributed by atoms with Crippen molar-refractivity contribution < 1.29 is 14.0 Å². The number of carbonyl (C=O) groups is 2. The summed E-state index contributed by atoms with van der Waals surface area (Å²) in [5, 5.41) is 4.37. The molecule has 0 radical (unpaired) electrons. The molecule has 1 aromatic carbocycles. The van der Waals surface area contributed by atoms with Gasteiger partial charge < -0.3 is 24.9 Å². The van der Waals surface area contributed by atoms with Crippen LogP contribution in [0, 0.1) is 11.8 Å². The molecule has 42 heavy (non-hydrogen) atoms. The fourth-order valence-corrected chi connectivity index (χ4v) is 6.83. The van der Waals surface area contributed by atoms with Crippen molar-refractivity contribution in [3.05, 3.63) is 54.3 Å². The molecule has 0 aliphatic carbocycles. The van der Waals surface area contributed by atoms with E-state index in [9.17, 15) is 9.59 Å². The first kappa shape index (κ1) is 26.4. The van der Waals surface area contributed by atoms with Gasteiger partial charge in [-0.15, -0.1) is 5.10 Å². The number of aromatic nitrogens is 5. The zero-order chi connectivity index (χ0) is 28.6. The maximum absolute atomic E-state index is 13.7. The Balaban J connectivity index is 0.965. The summed E-state index contributed by atoms with van der Waals surface area (Å²) in [6.45, 7) is 3.81. The summed E-state index contributed by atoms with van der Waals surface area (Å²) in [5.74, 6) is 3.23. The van der Waals surface area contributed by atoms with E-state index in [2.05, 4.69) is 20.1 Å². The van der Waals surface area contributed by atoms with Crippen LogP contribution < -0.4 is 10.6 Å². The minimum Gasteiger partial charge on any atom is -0.461 e.